The molecule has 0 aliphatic heterocycles. The molecule has 0 aliphatic rings. The fourth-order valence-corrected chi connectivity index (χ4v) is 1.93. The van der Waals surface area contributed by atoms with Gasteiger partial charge in [-0.3, -0.25) is 4.79 Å². The summed E-state index contributed by atoms with van der Waals surface area (Å²) < 4.78 is 5.43. The highest BCUT2D eigenvalue weighted by atomic mass is 35.5. The Hall–Kier alpha value is -2.79. The van der Waals surface area contributed by atoms with Crippen molar-refractivity contribution in [2.24, 2.45) is 5.10 Å². The zero-order valence-electron chi connectivity index (χ0n) is 13.0. The van der Waals surface area contributed by atoms with Crippen LogP contribution in [0.3, 0.4) is 0 Å². The number of halogens is 1. The van der Waals surface area contributed by atoms with Crippen molar-refractivity contribution in [2.45, 2.75) is 0 Å². The number of anilines is 1. The maximum absolute atomic E-state index is 11.7. The van der Waals surface area contributed by atoms with E-state index in [1.54, 1.807) is 36.6 Å². The summed E-state index contributed by atoms with van der Waals surface area (Å²) in [6.45, 7) is 4.15. The molecule has 0 spiro atoms. The van der Waals surface area contributed by atoms with Crippen molar-refractivity contribution < 1.29 is 9.53 Å². The third-order valence-corrected chi connectivity index (χ3v) is 3.18. The number of hydrazone groups is 1. The van der Waals surface area contributed by atoms with Crippen LogP contribution in [0.1, 0.15) is 5.56 Å². The van der Waals surface area contributed by atoms with Gasteiger partial charge in [-0.1, -0.05) is 36.4 Å². The van der Waals surface area contributed by atoms with Crippen molar-refractivity contribution in [3.8, 4) is 5.75 Å². The van der Waals surface area contributed by atoms with Gasteiger partial charge in [0.1, 0.15) is 12.4 Å². The molecule has 1 amide bonds. The highest BCUT2D eigenvalue weighted by Crippen LogP contribution is 2.13. The van der Waals surface area contributed by atoms with Crippen molar-refractivity contribution in [1.29, 1.82) is 0 Å². The SMILES string of the molecule is C=CCOc1cccc(/C=N\NC(=O)CNc2ccc(Cl)cc2)c1. The maximum atomic E-state index is 11.7. The monoisotopic (exact) mass is 343 g/mol. The number of hydrogen-bond donors (Lipinski definition) is 2. The molecule has 0 fully saturated rings. The minimum Gasteiger partial charge on any atom is -0.490 e. The average Bonchev–Trinajstić information content (AvgIpc) is 2.60. The van der Waals surface area contributed by atoms with Crippen LogP contribution >= 0.6 is 11.6 Å². The summed E-state index contributed by atoms with van der Waals surface area (Å²) in [5, 5.41) is 7.55. The van der Waals surface area contributed by atoms with Gasteiger partial charge in [-0.15, -0.1) is 0 Å². The molecule has 2 aromatic rings. The molecule has 2 aromatic carbocycles. The van der Waals surface area contributed by atoms with E-state index in [0.717, 1.165) is 17.0 Å². The van der Waals surface area contributed by atoms with Crippen molar-refractivity contribution in [1.82, 2.24) is 5.43 Å². The van der Waals surface area contributed by atoms with Crippen LogP contribution in [0.2, 0.25) is 5.02 Å². The molecular weight excluding hydrogens is 326 g/mol. The fourth-order valence-electron chi connectivity index (χ4n) is 1.81. The van der Waals surface area contributed by atoms with Crippen LogP contribution in [-0.2, 0) is 4.79 Å². The summed E-state index contributed by atoms with van der Waals surface area (Å²) in [6.07, 6.45) is 3.23. The first-order valence-corrected chi connectivity index (χ1v) is 7.70. The van der Waals surface area contributed by atoms with E-state index in [0.29, 0.717) is 11.6 Å². The first-order chi connectivity index (χ1) is 11.7. The van der Waals surface area contributed by atoms with Gasteiger partial charge in [-0.25, -0.2) is 5.43 Å². The number of nitrogens with zero attached hydrogens (tertiary/aromatic N) is 1. The molecule has 6 heteroatoms. The van der Waals surface area contributed by atoms with Gasteiger partial charge in [-0.05, 0) is 42.0 Å². The van der Waals surface area contributed by atoms with Crippen LogP contribution in [0.25, 0.3) is 0 Å². The molecule has 0 radical (unpaired) electrons. The summed E-state index contributed by atoms with van der Waals surface area (Å²) in [5.74, 6) is 0.467. The van der Waals surface area contributed by atoms with Gasteiger partial charge in [-0.2, -0.15) is 5.10 Å². The predicted octanol–water partition coefficient (Wildman–Crippen LogP) is 3.47. The molecule has 0 saturated heterocycles. The smallest absolute Gasteiger partial charge is 0.259 e. The van der Waals surface area contributed by atoms with Crippen molar-refractivity contribution >= 4 is 29.4 Å². The van der Waals surface area contributed by atoms with Crippen LogP contribution in [0.5, 0.6) is 5.75 Å². The molecule has 124 valence electrons. The summed E-state index contributed by atoms with van der Waals surface area (Å²) in [5.41, 5.74) is 4.09. The van der Waals surface area contributed by atoms with E-state index in [4.69, 9.17) is 16.3 Å². The lowest BCUT2D eigenvalue weighted by atomic mass is 10.2. The normalized spacial score (nSPS) is 10.4. The van der Waals surface area contributed by atoms with Crippen LogP contribution in [0, 0.1) is 0 Å². The highest BCUT2D eigenvalue weighted by Gasteiger charge is 1.99. The van der Waals surface area contributed by atoms with Gasteiger partial charge >= 0.3 is 0 Å². The van der Waals surface area contributed by atoms with Gasteiger partial charge in [0, 0.05) is 10.7 Å². The number of amides is 1. The van der Waals surface area contributed by atoms with Crippen LogP contribution in [-0.4, -0.2) is 25.3 Å². The summed E-state index contributed by atoms with van der Waals surface area (Å²) in [6, 6.07) is 14.5. The molecule has 0 unspecified atom stereocenters. The van der Waals surface area contributed by atoms with E-state index in [1.807, 2.05) is 24.3 Å². The lowest BCUT2D eigenvalue weighted by Crippen LogP contribution is -2.25. The molecule has 2 N–H and O–H groups in total. The number of nitrogens with one attached hydrogen (secondary N) is 2. The summed E-state index contributed by atoms with van der Waals surface area (Å²) >= 11 is 5.80. The molecular formula is C18H18ClN3O2. The first kappa shape index (κ1) is 17.6. The van der Waals surface area contributed by atoms with E-state index in [9.17, 15) is 4.79 Å². The lowest BCUT2D eigenvalue weighted by Gasteiger charge is -2.05. The quantitative estimate of drug-likeness (QED) is 0.438. The summed E-state index contributed by atoms with van der Waals surface area (Å²) in [7, 11) is 0. The predicted molar refractivity (Wildman–Crippen MR) is 97.8 cm³/mol. The van der Waals surface area contributed by atoms with E-state index in [1.165, 1.54) is 0 Å². The fraction of sp³-hybridized carbons (Fsp3) is 0.111. The Balaban J connectivity index is 1.79. The zero-order chi connectivity index (χ0) is 17.2. The summed E-state index contributed by atoms with van der Waals surface area (Å²) in [4.78, 5) is 11.7. The van der Waals surface area contributed by atoms with Crippen molar-refractivity contribution in [3.05, 3.63) is 71.8 Å². The number of ether oxygens (including phenoxy) is 1. The zero-order valence-corrected chi connectivity index (χ0v) is 13.8. The Bertz CT molecular complexity index is 714. The largest absolute Gasteiger partial charge is 0.490 e. The molecule has 0 saturated carbocycles. The minimum absolute atomic E-state index is 0.113. The molecule has 2 rings (SSSR count). The number of carbonyl (C=O) groups is 1. The third-order valence-electron chi connectivity index (χ3n) is 2.93. The van der Waals surface area contributed by atoms with Crippen LogP contribution < -0.4 is 15.5 Å². The van der Waals surface area contributed by atoms with E-state index < -0.39 is 0 Å². The molecule has 5 nitrogen and oxygen atoms in total. The topological polar surface area (TPSA) is 62.7 Å². The number of benzene rings is 2. The molecule has 0 bridgehead atoms. The molecule has 0 heterocycles. The number of hydrogen-bond acceptors (Lipinski definition) is 4. The molecule has 0 aromatic heterocycles. The third kappa shape index (κ3) is 6.14. The van der Waals surface area contributed by atoms with Crippen molar-refractivity contribution in [3.63, 3.8) is 0 Å². The van der Waals surface area contributed by atoms with E-state index in [2.05, 4.69) is 22.4 Å². The molecule has 24 heavy (non-hydrogen) atoms. The second-order valence-corrected chi connectivity index (χ2v) is 5.26. The van der Waals surface area contributed by atoms with Crippen LogP contribution in [0.15, 0.2) is 66.3 Å². The van der Waals surface area contributed by atoms with Crippen LogP contribution in [0.4, 0.5) is 5.69 Å². The van der Waals surface area contributed by atoms with E-state index >= 15 is 0 Å². The number of rotatable bonds is 8. The minimum atomic E-state index is -0.250. The molecule has 0 aliphatic carbocycles. The van der Waals surface area contributed by atoms with Crippen molar-refractivity contribution in [2.75, 3.05) is 18.5 Å². The van der Waals surface area contributed by atoms with Gasteiger partial charge < -0.3 is 10.1 Å². The standard InChI is InChI=1S/C18H18ClN3O2/c1-2-10-24-17-5-3-4-14(11-17)12-21-22-18(23)13-20-16-8-6-15(19)7-9-16/h2-9,11-12,20H,1,10,13H2,(H,22,23)/b21-12-. The average molecular weight is 344 g/mol. The van der Waals surface area contributed by atoms with Gasteiger partial charge in [0.25, 0.3) is 5.91 Å². The highest BCUT2D eigenvalue weighted by molar-refractivity contribution is 6.30. The second kappa shape index (κ2) is 9.37. The first-order valence-electron chi connectivity index (χ1n) is 7.32. The Morgan fingerprint density at radius 1 is 1.25 bits per heavy atom. The number of carbonyl (C=O) groups excluding carboxylic acids is 1. The Kier molecular flexibility index (Phi) is 6.86. The van der Waals surface area contributed by atoms with E-state index in [-0.39, 0.29) is 12.5 Å². The Morgan fingerprint density at radius 2 is 2.04 bits per heavy atom. The Labute approximate surface area is 146 Å². The lowest BCUT2D eigenvalue weighted by molar-refractivity contribution is -0.119. The van der Waals surface area contributed by atoms with Gasteiger partial charge in [0.15, 0.2) is 0 Å². The molecule has 0 atom stereocenters. The van der Waals surface area contributed by atoms with Gasteiger partial charge in [0.2, 0.25) is 0 Å². The Morgan fingerprint density at radius 3 is 2.79 bits per heavy atom. The second-order valence-electron chi connectivity index (χ2n) is 4.83. The maximum Gasteiger partial charge on any atom is 0.259 e. The van der Waals surface area contributed by atoms with Gasteiger partial charge in [0.05, 0.1) is 12.8 Å².